The number of anilines is 1. The summed E-state index contributed by atoms with van der Waals surface area (Å²) >= 11 is 0. The van der Waals surface area contributed by atoms with Gasteiger partial charge in [-0.05, 0) is 50.5 Å². The summed E-state index contributed by atoms with van der Waals surface area (Å²) < 4.78 is 21.6. The second-order valence-electron chi connectivity index (χ2n) is 10.3. The van der Waals surface area contributed by atoms with Crippen LogP contribution in [0.15, 0.2) is 35.1 Å². The second-order valence-corrected chi connectivity index (χ2v) is 10.3. The second kappa shape index (κ2) is 6.44. The van der Waals surface area contributed by atoms with Gasteiger partial charge in [0.05, 0.1) is 11.5 Å². The Labute approximate surface area is 195 Å². The van der Waals surface area contributed by atoms with Crippen LogP contribution in [0, 0.1) is 23.2 Å². The van der Waals surface area contributed by atoms with Gasteiger partial charge in [0.15, 0.2) is 0 Å². The van der Waals surface area contributed by atoms with Crippen LogP contribution in [0.3, 0.4) is 0 Å². The van der Waals surface area contributed by atoms with Crippen LogP contribution in [0.5, 0.6) is 5.88 Å². The average molecular weight is 464 g/mol. The minimum absolute atomic E-state index is 0.0604. The van der Waals surface area contributed by atoms with Crippen LogP contribution in [0.2, 0.25) is 0 Å². The molecule has 4 aliphatic rings. The number of ether oxygens (including phenoxy) is 3. The first-order chi connectivity index (χ1) is 16.1. The van der Waals surface area contributed by atoms with E-state index in [2.05, 4.69) is 11.2 Å². The van der Waals surface area contributed by atoms with Gasteiger partial charge in [-0.1, -0.05) is 12.1 Å². The first-order valence-corrected chi connectivity index (χ1v) is 11.3. The number of benzene rings is 1. The maximum Gasteiger partial charge on any atom is 0.418 e. The molecular formula is C24H24N4O6. The highest BCUT2D eigenvalue weighted by molar-refractivity contribution is 5.91. The number of fused-ring (bicyclic) bond motifs is 3. The van der Waals surface area contributed by atoms with Gasteiger partial charge in [0, 0.05) is 30.6 Å². The smallest absolute Gasteiger partial charge is 0.418 e. The quantitative estimate of drug-likeness (QED) is 0.662. The van der Waals surface area contributed by atoms with E-state index in [4.69, 9.17) is 18.7 Å². The first kappa shape index (κ1) is 20.8. The van der Waals surface area contributed by atoms with Gasteiger partial charge >= 0.3 is 18.0 Å². The molecule has 2 saturated heterocycles. The number of piperidine rings is 1. The first-order valence-electron chi connectivity index (χ1n) is 11.3. The van der Waals surface area contributed by atoms with Crippen LogP contribution in [0.4, 0.5) is 15.3 Å². The number of likely N-dealkylation sites (tertiary alicyclic amines) is 1. The van der Waals surface area contributed by atoms with E-state index < -0.39 is 28.9 Å². The third-order valence-corrected chi connectivity index (χ3v) is 7.37. The number of nitriles is 1. The summed E-state index contributed by atoms with van der Waals surface area (Å²) in [4.78, 5) is 28.3. The zero-order valence-corrected chi connectivity index (χ0v) is 19.3. The average Bonchev–Trinajstić information content (AvgIpc) is 3.14. The molecular weight excluding hydrogens is 440 g/mol. The van der Waals surface area contributed by atoms with Crippen LogP contribution in [-0.4, -0.2) is 47.0 Å². The van der Waals surface area contributed by atoms with Gasteiger partial charge in [-0.3, -0.25) is 4.90 Å². The van der Waals surface area contributed by atoms with Crippen molar-refractivity contribution in [1.29, 1.82) is 5.26 Å². The molecule has 1 spiro atoms. The predicted octanol–water partition coefficient (Wildman–Crippen LogP) is 3.52. The Balaban J connectivity index is 1.19. The van der Waals surface area contributed by atoms with E-state index in [1.54, 1.807) is 4.90 Å². The Hall–Kier alpha value is -3.74. The lowest BCUT2D eigenvalue weighted by Gasteiger charge is -2.37. The SMILES string of the molecule is CC1N(c2ccc(C3(C#N)[C@@H]4CN(C(=O)OC(C)(C)C)C[C@@H]43)cc2)C(=O)O[C@@]12Oc1nocc12. The highest BCUT2D eigenvalue weighted by Crippen LogP contribution is 2.63. The Morgan fingerprint density at radius 3 is 2.47 bits per heavy atom. The maximum absolute atomic E-state index is 12.7. The van der Waals surface area contributed by atoms with E-state index in [1.165, 1.54) is 11.2 Å². The topological polar surface area (TPSA) is 118 Å². The van der Waals surface area contributed by atoms with Gasteiger partial charge in [0.1, 0.15) is 23.5 Å². The fourth-order valence-corrected chi connectivity index (χ4v) is 5.65. The molecule has 34 heavy (non-hydrogen) atoms. The van der Waals surface area contributed by atoms with Gasteiger partial charge in [-0.2, -0.15) is 5.26 Å². The van der Waals surface area contributed by atoms with E-state index in [0.717, 1.165) is 5.56 Å². The zero-order valence-electron chi connectivity index (χ0n) is 19.3. The number of hydrogen-bond acceptors (Lipinski definition) is 8. The maximum atomic E-state index is 12.7. The van der Waals surface area contributed by atoms with E-state index in [1.807, 2.05) is 52.0 Å². The number of carbonyl (C=O) groups excluding carboxylic acids is 2. The Kier molecular flexibility index (Phi) is 3.94. The predicted molar refractivity (Wildman–Crippen MR) is 116 cm³/mol. The molecule has 1 aliphatic carbocycles. The molecule has 3 aliphatic heterocycles. The van der Waals surface area contributed by atoms with Crippen molar-refractivity contribution in [3.05, 3.63) is 41.7 Å². The molecule has 5 atom stereocenters. The summed E-state index contributed by atoms with van der Waals surface area (Å²) in [7, 11) is 0. The van der Waals surface area contributed by atoms with Crippen molar-refractivity contribution in [2.45, 2.75) is 50.5 Å². The van der Waals surface area contributed by atoms with E-state index >= 15 is 0 Å². The largest absolute Gasteiger partial charge is 0.444 e. The van der Waals surface area contributed by atoms with E-state index in [0.29, 0.717) is 30.2 Å². The van der Waals surface area contributed by atoms with E-state index in [9.17, 15) is 14.9 Å². The van der Waals surface area contributed by atoms with Crippen LogP contribution < -0.4 is 9.64 Å². The number of aromatic nitrogens is 1. The lowest BCUT2D eigenvalue weighted by atomic mass is 9.91. The summed E-state index contributed by atoms with van der Waals surface area (Å²) in [6.07, 6.45) is 0.558. The molecule has 1 aromatic carbocycles. The number of amides is 2. The number of nitrogens with zero attached hydrogens (tertiary/aromatic N) is 4. The lowest BCUT2D eigenvalue weighted by molar-refractivity contribution is -0.170. The molecule has 1 saturated carbocycles. The van der Waals surface area contributed by atoms with Crippen molar-refractivity contribution in [3.63, 3.8) is 0 Å². The third kappa shape index (κ3) is 2.58. The van der Waals surface area contributed by atoms with Gasteiger partial charge in [0.25, 0.3) is 5.88 Å². The van der Waals surface area contributed by atoms with Crippen molar-refractivity contribution in [3.8, 4) is 11.9 Å². The zero-order chi connectivity index (χ0) is 24.0. The monoisotopic (exact) mass is 464 g/mol. The molecule has 10 heteroatoms. The highest BCUT2D eigenvalue weighted by atomic mass is 16.8. The van der Waals surface area contributed by atoms with Crippen molar-refractivity contribution < 1.29 is 28.3 Å². The molecule has 6 rings (SSSR count). The Bertz CT molecular complexity index is 1230. The van der Waals surface area contributed by atoms with Gasteiger partial charge < -0.3 is 23.6 Å². The molecule has 10 nitrogen and oxygen atoms in total. The molecule has 2 unspecified atom stereocenters. The van der Waals surface area contributed by atoms with Gasteiger partial charge in [-0.15, -0.1) is 0 Å². The normalized spacial score (nSPS) is 32.9. The third-order valence-electron chi connectivity index (χ3n) is 7.37. The summed E-state index contributed by atoms with van der Waals surface area (Å²) in [6, 6.07) is 9.46. The Morgan fingerprint density at radius 2 is 1.88 bits per heavy atom. The summed E-state index contributed by atoms with van der Waals surface area (Å²) in [5, 5.41) is 13.8. The number of carbonyl (C=O) groups is 2. The molecule has 1 aromatic heterocycles. The van der Waals surface area contributed by atoms with Gasteiger partial charge in [-0.25, -0.2) is 9.59 Å². The molecule has 176 valence electrons. The van der Waals surface area contributed by atoms with Crippen LogP contribution in [0.1, 0.15) is 38.8 Å². The molecule has 2 aromatic rings. The highest BCUT2D eigenvalue weighted by Gasteiger charge is 2.71. The lowest BCUT2D eigenvalue weighted by Crippen LogP contribution is -2.51. The number of rotatable bonds is 2. The molecule has 3 fully saturated rings. The fraction of sp³-hybridized carbons (Fsp3) is 0.500. The summed E-state index contributed by atoms with van der Waals surface area (Å²) in [6.45, 7) is 8.33. The number of hydrogen-bond donors (Lipinski definition) is 0. The minimum Gasteiger partial charge on any atom is -0.444 e. The summed E-state index contributed by atoms with van der Waals surface area (Å²) in [5.41, 5.74) is 0.939. The standard InChI is InChI=1S/C24H24N4O6/c1-13-24(18-11-31-26-19(18)32-24)34-21(30)28(13)15-7-5-14(6-8-15)23(12-25)16-9-27(10-17(16)23)20(29)33-22(2,3)4/h5-8,11,13,16-17H,9-10H2,1-4H3/t13?,16-,17+,23?,24-/m0/s1. The van der Waals surface area contributed by atoms with Crippen molar-refractivity contribution >= 4 is 17.9 Å². The minimum atomic E-state index is -1.22. The molecule has 4 heterocycles. The van der Waals surface area contributed by atoms with Crippen molar-refractivity contribution in [2.24, 2.45) is 11.8 Å². The van der Waals surface area contributed by atoms with Gasteiger partial charge in [0.2, 0.25) is 0 Å². The van der Waals surface area contributed by atoms with E-state index in [-0.39, 0.29) is 17.9 Å². The molecule has 0 bridgehead atoms. The van der Waals surface area contributed by atoms with Crippen molar-refractivity contribution in [2.75, 3.05) is 18.0 Å². The van der Waals surface area contributed by atoms with Crippen LogP contribution >= 0.6 is 0 Å². The van der Waals surface area contributed by atoms with Crippen LogP contribution in [-0.2, 0) is 20.7 Å². The molecule has 2 amide bonds. The van der Waals surface area contributed by atoms with Crippen molar-refractivity contribution in [1.82, 2.24) is 10.1 Å². The fourth-order valence-electron chi connectivity index (χ4n) is 5.65. The Morgan fingerprint density at radius 1 is 1.21 bits per heavy atom. The molecule has 0 N–H and O–H groups in total. The summed E-state index contributed by atoms with van der Waals surface area (Å²) in [5.74, 6) is -0.777. The van der Waals surface area contributed by atoms with Crippen LogP contribution in [0.25, 0.3) is 0 Å². The molecule has 0 radical (unpaired) electrons.